The average Bonchev–Trinajstić information content (AvgIpc) is 0.730. The van der Waals surface area contributed by atoms with E-state index >= 15 is 0 Å². The van der Waals surface area contributed by atoms with Gasteiger partial charge in [-0.25, -0.2) is 23.7 Å². The summed E-state index contributed by atoms with van der Waals surface area (Å²) in [6.07, 6.45) is 5.38. The van der Waals surface area contributed by atoms with Gasteiger partial charge in [0.2, 0.25) is 0 Å². The minimum atomic E-state index is -0.824. The van der Waals surface area contributed by atoms with E-state index in [0.717, 1.165) is 123 Å². The van der Waals surface area contributed by atoms with Gasteiger partial charge >= 0.3 is 22.5 Å². The maximum absolute atomic E-state index is 14.2. The molecule has 22 nitrogen and oxygen atoms in total. The molecule has 0 atom stereocenters. The van der Waals surface area contributed by atoms with Crippen molar-refractivity contribution in [3.63, 3.8) is 0 Å². The monoisotopic (exact) mass is 1460 g/mol. The van der Waals surface area contributed by atoms with Gasteiger partial charge in [0.25, 0.3) is 22.2 Å². The van der Waals surface area contributed by atoms with Crippen LogP contribution in [0.1, 0.15) is 168 Å². The molecule has 4 aromatic heterocycles. The van der Waals surface area contributed by atoms with Crippen LogP contribution in [0.2, 0.25) is 0 Å². The summed E-state index contributed by atoms with van der Waals surface area (Å²) in [6, 6.07) is 29.8. The topological polar surface area (TPSA) is 319 Å². The zero-order chi connectivity index (χ0) is 78.6. The molecule has 12 aromatic rings. The third-order valence-electron chi connectivity index (χ3n) is 23.4. The Labute approximate surface area is 620 Å². The molecule has 8 aromatic carbocycles. The SMILES string of the molecule is CC1(C)CC(=c2c3ccc(N)cc3c(=C3CC(C)(C)N(O)C(C)(C)C3)c3ccc(N)cc23)CC(C)(C)N1O.Cc1ccc2c(=C3CC(C)(C)N(O)C(C)(C)C3)c3cc(-n4c(=O)c5cc6c(=O)n(C)c(=O)c6cc5c4=O)ccc3c(=C3CC(C)(C)N(O)C(C)(C)C3)c2c1.O=c1oc(=O)c2cc3c(=O)oc(=O)c3cc12. The molecule has 4 aliphatic heterocycles. The van der Waals surface area contributed by atoms with Gasteiger partial charge in [-0.05, 0) is 294 Å². The van der Waals surface area contributed by atoms with Gasteiger partial charge < -0.3 is 41.1 Å². The first-order valence-electron chi connectivity index (χ1n) is 36.6. The minimum absolute atomic E-state index is 0.0181. The number of piperidine rings is 4. The fourth-order valence-corrected chi connectivity index (χ4v) is 19.3. The Kier molecular flexibility index (Phi) is 17.2. The number of nitrogens with zero attached hydrogens (tertiary/aromatic N) is 6. The van der Waals surface area contributed by atoms with Crippen LogP contribution in [0.15, 0.2) is 144 Å². The van der Waals surface area contributed by atoms with Crippen LogP contribution >= 0.6 is 0 Å². The number of rotatable bonds is 1. The molecule has 4 saturated heterocycles. The molecule has 0 spiro atoms. The Hall–Kier alpha value is -9.88. The van der Waals surface area contributed by atoms with Crippen LogP contribution in [0, 0.1) is 6.92 Å². The summed E-state index contributed by atoms with van der Waals surface area (Å²) in [5, 5.41) is 64.1. The van der Waals surface area contributed by atoms with E-state index in [1.54, 1.807) is 0 Å². The van der Waals surface area contributed by atoms with Gasteiger partial charge in [-0.2, -0.15) is 20.3 Å². The fourth-order valence-electron chi connectivity index (χ4n) is 19.3. The highest BCUT2D eigenvalue weighted by Crippen LogP contribution is 2.46. The molecule has 22 heteroatoms. The molecular weight excluding hydrogens is 1370 g/mol. The summed E-state index contributed by atoms with van der Waals surface area (Å²) in [5.74, 6) is 0. The van der Waals surface area contributed by atoms with Crippen molar-refractivity contribution >= 4 is 120 Å². The molecule has 4 aliphatic rings. The van der Waals surface area contributed by atoms with Crippen LogP contribution in [-0.2, 0) is 7.05 Å². The van der Waals surface area contributed by atoms with E-state index in [-0.39, 0.29) is 43.1 Å². The highest BCUT2D eigenvalue weighted by molar-refractivity contribution is 6.06. The second-order valence-corrected chi connectivity index (χ2v) is 35.8. The number of aromatic nitrogens is 2. The van der Waals surface area contributed by atoms with Crippen molar-refractivity contribution in [2.45, 2.75) is 213 Å². The van der Waals surface area contributed by atoms with Crippen LogP contribution in [0.5, 0.6) is 0 Å². The zero-order valence-electron chi connectivity index (χ0n) is 64.6. The van der Waals surface area contributed by atoms with Gasteiger partial charge in [-0.15, -0.1) is 0 Å². The normalized spacial score (nSPS) is 20.0. The Morgan fingerprint density at radius 2 is 0.537 bits per heavy atom. The fraction of sp³-hybridized carbons (Fsp3) is 0.395. The van der Waals surface area contributed by atoms with Gasteiger partial charge in [0.15, 0.2) is 0 Å². The van der Waals surface area contributed by atoms with Crippen molar-refractivity contribution < 1.29 is 29.7 Å². The van der Waals surface area contributed by atoms with Crippen molar-refractivity contribution in [2.24, 2.45) is 7.05 Å². The first-order valence-corrected chi connectivity index (χ1v) is 36.6. The lowest BCUT2D eigenvalue weighted by atomic mass is 9.75. The van der Waals surface area contributed by atoms with E-state index in [1.165, 1.54) is 66.6 Å². The molecule has 8 heterocycles. The summed E-state index contributed by atoms with van der Waals surface area (Å²) < 4.78 is 10.8. The van der Waals surface area contributed by atoms with Gasteiger partial charge in [0.05, 0.1) is 48.8 Å². The molecule has 562 valence electrons. The van der Waals surface area contributed by atoms with Crippen LogP contribution in [0.3, 0.4) is 0 Å². The van der Waals surface area contributed by atoms with E-state index < -0.39 is 89.1 Å². The summed E-state index contributed by atoms with van der Waals surface area (Å²) in [5.41, 5.74) is 11.5. The molecule has 0 radical (unpaired) electrons. The highest BCUT2D eigenvalue weighted by atomic mass is 16.5. The minimum Gasteiger partial charge on any atom is -0.399 e. The van der Waals surface area contributed by atoms with Gasteiger partial charge in [0.1, 0.15) is 0 Å². The average molecular weight is 1460 g/mol. The highest BCUT2D eigenvalue weighted by Gasteiger charge is 2.47. The molecular formula is C86H94N8O14. The Balaban J connectivity index is 0.000000155. The molecule has 0 aliphatic carbocycles. The standard InChI is InChI=1S/C44H48N4O6.C32H44N4O2.C10H2O6/c1-23-11-13-27-29(15-23)35(24-19-41(2,3)47(53)42(4,5)20-24)28-14-12-26(16-30(28)36(27)25-21-43(6,7)48(54)44(8,9)22-25)46-39(51)33-17-31-32(18-34(33)40(46)52)38(50)45(10)37(31)49;1-29(2)15-19(16-30(3,4)35(29)37)27-23-11-9-22(34)14-26(23)28(24-12-10-21(33)13-25(24)27)20-17-31(5,6)36(38)32(7,8)18-20;11-7-3-1-4-6(10(14)16-8(4)12)2-5(3)9(13)15-7/h11-18,53-54H,19-22H2,1-10H3;9-14,37-38H,15-18,33-34H2,1-8H3;1-2H. The maximum atomic E-state index is 14.2. The predicted molar refractivity (Wildman–Crippen MR) is 427 cm³/mol. The lowest BCUT2D eigenvalue weighted by Crippen LogP contribution is -2.57. The number of hydrogen-bond donors (Lipinski definition) is 6. The van der Waals surface area contributed by atoms with Crippen molar-refractivity contribution in [3.05, 3.63) is 207 Å². The third-order valence-corrected chi connectivity index (χ3v) is 23.4. The number of nitrogens with two attached hydrogens (primary N) is 2. The summed E-state index contributed by atoms with van der Waals surface area (Å²) in [6.45, 7) is 35.2. The number of anilines is 2. The van der Waals surface area contributed by atoms with Crippen molar-refractivity contribution in [1.82, 2.24) is 29.4 Å². The van der Waals surface area contributed by atoms with Crippen molar-refractivity contribution in [2.75, 3.05) is 11.5 Å². The number of furan rings is 2. The lowest BCUT2D eigenvalue weighted by Gasteiger charge is -2.50. The van der Waals surface area contributed by atoms with Crippen LogP contribution < -0.4 is 77.1 Å². The number of nitrogen functional groups attached to an aromatic ring is 2. The van der Waals surface area contributed by atoms with Gasteiger partial charge in [-0.3, -0.25) is 23.7 Å². The second kappa shape index (κ2) is 24.8. The van der Waals surface area contributed by atoms with Gasteiger partial charge in [0, 0.05) is 62.7 Å². The van der Waals surface area contributed by atoms with E-state index in [4.69, 9.17) is 11.5 Å². The summed E-state index contributed by atoms with van der Waals surface area (Å²) >= 11 is 0. The van der Waals surface area contributed by atoms with E-state index in [0.29, 0.717) is 31.4 Å². The Bertz CT molecular complexity index is 6260. The molecule has 108 heavy (non-hydrogen) atoms. The lowest BCUT2D eigenvalue weighted by molar-refractivity contribution is -0.228. The number of fused-ring (bicyclic) bond motifs is 8. The number of hydroxylamine groups is 8. The van der Waals surface area contributed by atoms with Crippen LogP contribution in [-0.4, -0.2) is 94.5 Å². The first-order chi connectivity index (χ1) is 50.1. The molecule has 8 N–H and O–H groups in total. The number of hydrogen-bond acceptors (Lipinski definition) is 20. The Morgan fingerprint density at radius 3 is 0.833 bits per heavy atom. The van der Waals surface area contributed by atoms with Crippen LogP contribution in [0.4, 0.5) is 11.4 Å². The largest absolute Gasteiger partial charge is 0.399 e. The smallest absolute Gasteiger partial charge is 0.346 e. The molecule has 4 fully saturated rings. The first kappa shape index (κ1) is 75.0. The predicted octanol–water partition coefficient (Wildman–Crippen LogP) is 10.5. The number of aryl methyl sites for hydroxylation is 1. The number of benzene rings is 8. The zero-order valence-corrected chi connectivity index (χ0v) is 64.6. The third kappa shape index (κ3) is 11.9. The van der Waals surface area contributed by atoms with E-state index in [1.807, 2.05) is 58.0 Å². The van der Waals surface area contributed by atoms with E-state index in [9.17, 15) is 59.2 Å². The molecule has 0 amide bonds. The summed E-state index contributed by atoms with van der Waals surface area (Å²) in [7, 11) is 1.38. The second-order valence-electron chi connectivity index (χ2n) is 35.8. The quantitative estimate of drug-likeness (QED) is 0.0657. The van der Waals surface area contributed by atoms with Crippen molar-refractivity contribution in [3.8, 4) is 5.69 Å². The van der Waals surface area contributed by atoms with Gasteiger partial charge in [-0.1, -0.05) is 64.3 Å². The van der Waals surface area contributed by atoms with Crippen molar-refractivity contribution in [1.29, 1.82) is 0 Å². The molecule has 16 rings (SSSR count). The molecule has 0 saturated carbocycles. The van der Waals surface area contributed by atoms with Crippen LogP contribution in [0.25, 0.3) is 114 Å². The summed E-state index contributed by atoms with van der Waals surface area (Å²) in [4.78, 5) is 98.7. The Morgan fingerprint density at radius 1 is 0.296 bits per heavy atom. The maximum Gasteiger partial charge on any atom is 0.346 e. The van der Waals surface area contributed by atoms with E-state index in [2.05, 4.69) is 141 Å². The molecule has 0 unspecified atom stereocenters. The molecule has 0 bridgehead atoms.